The lowest BCUT2D eigenvalue weighted by Gasteiger charge is -2.36. The summed E-state index contributed by atoms with van der Waals surface area (Å²) in [4.78, 5) is 40.5. The van der Waals surface area contributed by atoms with Gasteiger partial charge in [0.2, 0.25) is 5.91 Å². The Bertz CT molecular complexity index is 1100. The average Bonchev–Trinajstić information content (AvgIpc) is 2.86. The minimum Gasteiger partial charge on any atom is -0.463 e. The smallest absolute Gasteiger partial charge is 0.338 e. The van der Waals surface area contributed by atoms with E-state index in [0.717, 1.165) is 12.0 Å². The summed E-state index contributed by atoms with van der Waals surface area (Å²) >= 11 is 5.91. The maximum Gasteiger partial charge on any atom is 0.338 e. The number of benzene rings is 2. The molecule has 8 heteroatoms. The molecule has 7 nitrogen and oxygen atoms in total. The van der Waals surface area contributed by atoms with E-state index in [0.29, 0.717) is 29.1 Å². The summed E-state index contributed by atoms with van der Waals surface area (Å²) in [6.07, 6.45) is 0.720. The summed E-state index contributed by atoms with van der Waals surface area (Å²) in [7, 11) is 0. The number of rotatable bonds is 9. The minimum absolute atomic E-state index is 0.190. The van der Waals surface area contributed by atoms with E-state index in [1.165, 1.54) is 0 Å². The monoisotopic (exact) mass is 497 g/mol. The molecule has 2 aromatic carbocycles. The quantitative estimate of drug-likeness (QED) is 0.361. The lowest BCUT2D eigenvalue weighted by Crippen LogP contribution is -2.48. The van der Waals surface area contributed by atoms with E-state index in [-0.39, 0.29) is 24.4 Å². The molecule has 0 saturated carbocycles. The van der Waals surface area contributed by atoms with Gasteiger partial charge >= 0.3 is 12.0 Å². The zero-order valence-corrected chi connectivity index (χ0v) is 21.3. The van der Waals surface area contributed by atoms with Crippen molar-refractivity contribution in [2.24, 2.45) is 5.41 Å². The van der Waals surface area contributed by atoms with Crippen LogP contribution in [0.2, 0.25) is 0 Å². The number of carbonyl (C=O) groups is 3. The van der Waals surface area contributed by atoms with Crippen LogP contribution in [-0.4, -0.2) is 41.8 Å². The molecule has 1 aliphatic heterocycles. The van der Waals surface area contributed by atoms with Crippen molar-refractivity contribution in [2.45, 2.75) is 40.2 Å². The maximum absolute atomic E-state index is 13.3. The highest BCUT2D eigenvalue weighted by molar-refractivity contribution is 6.20. The highest BCUT2D eigenvalue weighted by atomic mass is 35.5. The molecule has 1 heterocycles. The minimum atomic E-state index is -0.718. The van der Waals surface area contributed by atoms with Gasteiger partial charge in [0.15, 0.2) is 0 Å². The van der Waals surface area contributed by atoms with Crippen molar-refractivity contribution >= 4 is 40.9 Å². The molecule has 0 aliphatic carbocycles. The fourth-order valence-electron chi connectivity index (χ4n) is 3.79. The number of amides is 3. The summed E-state index contributed by atoms with van der Waals surface area (Å²) in [6, 6.07) is 15.4. The Labute approximate surface area is 211 Å². The first-order valence-corrected chi connectivity index (χ1v) is 12.3. The molecule has 0 aromatic heterocycles. The molecule has 0 spiro atoms. The van der Waals surface area contributed by atoms with Gasteiger partial charge in [-0.2, -0.15) is 0 Å². The summed E-state index contributed by atoms with van der Waals surface area (Å²) in [5, 5.41) is 5.84. The zero-order chi connectivity index (χ0) is 25.6. The fourth-order valence-corrected chi connectivity index (χ4v) is 3.92. The second kappa shape index (κ2) is 11.4. The van der Waals surface area contributed by atoms with Crippen molar-refractivity contribution in [3.63, 3.8) is 0 Å². The average molecular weight is 498 g/mol. The second-order valence-electron chi connectivity index (χ2n) is 8.98. The van der Waals surface area contributed by atoms with Crippen LogP contribution in [0.25, 0.3) is 5.70 Å². The van der Waals surface area contributed by atoms with Crippen LogP contribution in [0.3, 0.4) is 0 Å². The standard InChI is InChI=1S/C27H32ClN3O4/c1-5-16-31-23(19-10-8-7-9-11-19)21(24(32)35-6-2)22(30-26(31)34)18-12-14-20(15-13-18)29-25(33)27(3,4)17-28/h7-15,22H,5-6,16-17H2,1-4H3,(H,29,33)(H,30,34)/t22-/m1/s1. The third-order valence-corrected chi connectivity index (χ3v) is 6.44. The van der Waals surface area contributed by atoms with Crippen LogP contribution >= 0.6 is 11.6 Å². The first kappa shape index (κ1) is 26.3. The van der Waals surface area contributed by atoms with E-state index in [4.69, 9.17) is 16.3 Å². The number of esters is 1. The first-order valence-electron chi connectivity index (χ1n) is 11.8. The normalized spacial score (nSPS) is 16.1. The molecule has 0 bridgehead atoms. The van der Waals surface area contributed by atoms with Crippen LogP contribution < -0.4 is 10.6 Å². The van der Waals surface area contributed by atoms with Crippen LogP contribution in [0.1, 0.15) is 51.3 Å². The van der Waals surface area contributed by atoms with E-state index >= 15 is 0 Å². The van der Waals surface area contributed by atoms with Gasteiger partial charge in [-0.3, -0.25) is 9.69 Å². The number of alkyl halides is 1. The lowest BCUT2D eigenvalue weighted by atomic mass is 9.91. The SMILES string of the molecule is CCCN1C(=O)N[C@H](c2ccc(NC(=O)C(C)(C)CCl)cc2)C(C(=O)OCC)=C1c1ccccc1. The molecule has 35 heavy (non-hydrogen) atoms. The fraction of sp³-hybridized carbons (Fsp3) is 0.370. The first-order chi connectivity index (χ1) is 16.7. The molecule has 1 aliphatic rings. The molecule has 0 unspecified atom stereocenters. The molecule has 0 saturated heterocycles. The zero-order valence-electron chi connectivity index (χ0n) is 20.6. The van der Waals surface area contributed by atoms with Crippen LogP contribution in [0.4, 0.5) is 10.5 Å². The summed E-state index contributed by atoms with van der Waals surface area (Å²) in [5.74, 6) is -0.492. The van der Waals surface area contributed by atoms with Crippen LogP contribution in [0, 0.1) is 5.41 Å². The topological polar surface area (TPSA) is 87.7 Å². The largest absolute Gasteiger partial charge is 0.463 e. The molecule has 2 aromatic rings. The number of nitrogens with one attached hydrogen (secondary N) is 2. The van der Waals surface area contributed by atoms with Crippen molar-refractivity contribution in [1.82, 2.24) is 10.2 Å². The van der Waals surface area contributed by atoms with Crippen molar-refractivity contribution < 1.29 is 19.1 Å². The summed E-state index contributed by atoms with van der Waals surface area (Å²) in [5.41, 5.74) is 2.24. The van der Waals surface area contributed by atoms with Gasteiger partial charge in [-0.15, -0.1) is 11.6 Å². The van der Waals surface area contributed by atoms with Gasteiger partial charge in [-0.05, 0) is 50.5 Å². The Morgan fingerprint density at radius 3 is 2.31 bits per heavy atom. The Morgan fingerprint density at radius 2 is 1.74 bits per heavy atom. The summed E-state index contributed by atoms with van der Waals surface area (Å²) < 4.78 is 5.43. The van der Waals surface area contributed by atoms with Crippen LogP contribution in [-0.2, 0) is 14.3 Å². The molecular weight excluding hydrogens is 466 g/mol. The number of hydrogen-bond donors (Lipinski definition) is 2. The number of hydrogen-bond acceptors (Lipinski definition) is 4. The lowest BCUT2D eigenvalue weighted by molar-refractivity contribution is -0.139. The van der Waals surface area contributed by atoms with E-state index in [1.807, 2.05) is 37.3 Å². The molecule has 186 valence electrons. The highest BCUT2D eigenvalue weighted by Crippen LogP contribution is 2.37. The van der Waals surface area contributed by atoms with Crippen molar-refractivity contribution in [3.8, 4) is 0 Å². The Kier molecular flexibility index (Phi) is 8.57. The van der Waals surface area contributed by atoms with Gasteiger partial charge in [-0.25, -0.2) is 9.59 Å². The Hall–Kier alpha value is -3.32. The predicted molar refractivity (Wildman–Crippen MR) is 138 cm³/mol. The van der Waals surface area contributed by atoms with Crippen molar-refractivity contribution in [3.05, 3.63) is 71.3 Å². The number of anilines is 1. The van der Waals surface area contributed by atoms with E-state index < -0.39 is 17.4 Å². The van der Waals surface area contributed by atoms with Crippen molar-refractivity contribution in [1.29, 1.82) is 0 Å². The molecule has 3 rings (SSSR count). The van der Waals surface area contributed by atoms with Crippen LogP contribution in [0.5, 0.6) is 0 Å². The van der Waals surface area contributed by atoms with Gasteiger partial charge in [0.1, 0.15) is 0 Å². The molecular formula is C27H32ClN3O4. The van der Waals surface area contributed by atoms with E-state index in [9.17, 15) is 14.4 Å². The maximum atomic E-state index is 13.3. The molecule has 1 atom stereocenters. The third-order valence-electron chi connectivity index (χ3n) is 5.77. The Balaban J connectivity index is 2.07. The van der Waals surface area contributed by atoms with Crippen molar-refractivity contribution in [2.75, 3.05) is 24.3 Å². The Morgan fingerprint density at radius 1 is 1.09 bits per heavy atom. The molecule has 0 fully saturated rings. The van der Waals surface area contributed by atoms with Gasteiger partial charge in [0.25, 0.3) is 0 Å². The summed E-state index contributed by atoms with van der Waals surface area (Å²) in [6.45, 7) is 7.92. The number of halogens is 1. The van der Waals surface area contributed by atoms with E-state index in [2.05, 4.69) is 10.6 Å². The predicted octanol–water partition coefficient (Wildman–Crippen LogP) is 5.34. The van der Waals surface area contributed by atoms with Gasteiger partial charge in [0.05, 0.1) is 29.3 Å². The number of urea groups is 1. The highest BCUT2D eigenvalue weighted by Gasteiger charge is 2.38. The van der Waals surface area contributed by atoms with Gasteiger partial charge < -0.3 is 15.4 Å². The van der Waals surface area contributed by atoms with Gasteiger partial charge in [0, 0.05) is 18.1 Å². The number of carbonyl (C=O) groups excluding carboxylic acids is 3. The molecule has 0 radical (unpaired) electrons. The molecule has 3 amide bonds. The van der Waals surface area contributed by atoms with E-state index in [1.54, 1.807) is 49.9 Å². The molecule has 2 N–H and O–H groups in total. The van der Waals surface area contributed by atoms with Gasteiger partial charge in [-0.1, -0.05) is 49.4 Å². The second-order valence-corrected chi connectivity index (χ2v) is 9.24. The number of ether oxygens (including phenoxy) is 1. The third kappa shape index (κ3) is 5.85. The van der Waals surface area contributed by atoms with Crippen LogP contribution in [0.15, 0.2) is 60.2 Å². The number of nitrogens with zero attached hydrogens (tertiary/aromatic N) is 1.